The lowest BCUT2D eigenvalue weighted by molar-refractivity contribution is -0.141. The molecular formula is C10H14N2O4. The molecule has 0 saturated heterocycles. The fourth-order valence-corrected chi connectivity index (χ4v) is 1.27. The standard InChI is InChI=1S/C10H14N2O4/c1-12(6-7-3-2-4-16-7)10(15)8(11)5-9(13)14/h2-4,8H,5-6,11H2,1H3,(H,13,14). The van der Waals surface area contributed by atoms with Gasteiger partial charge in [0.05, 0.1) is 25.3 Å². The van der Waals surface area contributed by atoms with Gasteiger partial charge in [0.1, 0.15) is 5.76 Å². The van der Waals surface area contributed by atoms with Gasteiger partial charge in [-0.1, -0.05) is 0 Å². The molecule has 0 aliphatic carbocycles. The van der Waals surface area contributed by atoms with Crippen LogP contribution in [-0.4, -0.2) is 35.0 Å². The molecule has 1 amide bonds. The van der Waals surface area contributed by atoms with Crippen LogP contribution in [0.5, 0.6) is 0 Å². The highest BCUT2D eigenvalue weighted by Gasteiger charge is 2.21. The van der Waals surface area contributed by atoms with Crippen LogP contribution in [0.25, 0.3) is 0 Å². The molecule has 0 bridgehead atoms. The lowest BCUT2D eigenvalue weighted by Gasteiger charge is -2.19. The maximum atomic E-state index is 11.6. The molecule has 0 aromatic carbocycles. The van der Waals surface area contributed by atoms with Crippen LogP contribution in [0.15, 0.2) is 22.8 Å². The number of aliphatic carboxylic acids is 1. The predicted molar refractivity (Wildman–Crippen MR) is 55.4 cm³/mol. The van der Waals surface area contributed by atoms with Gasteiger partial charge in [-0.05, 0) is 12.1 Å². The Labute approximate surface area is 92.6 Å². The highest BCUT2D eigenvalue weighted by atomic mass is 16.4. The molecular weight excluding hydrogens is 212 g/mol. The van der Waals surface area contributed by atoms with Crippen LogP contribution >= 0.6 is 0 Å². The first-order valence-electron chi connectivity index (χ1n) is 4.75. The second-order valence-corrected chi connectivity index (χ2v) is 3.48. The summed E-state index contributed by atoms with van der Waals surface area (Å²) in [5, 5.41) is 8.50. The van der Waals surface area contributed by atoms with Gasteiger partial charge in [-0.2, -0.15) is 0 Å². The summed E-state index contributed by atoms with van der Waals surface area (Å²) in [5.74, 6) is -0.885. The number of nitrogens with two attached hydrogens (primary N) is 1. The Kier molecular flexibility index (Phi) is 4.07. The summed E-state index contributed by atoms with van der Waals surface area (Å²) < 4.78 is 5.06. The van der Waals surface area contributed by atoms with E-state index in [4.69, 9.17) is 15.3 Å². The molecule has 1 unspecified atom stereocenters. The molecule has 1 heterocycles. The Hall–Kier alpha value is -1.82. The first-order valence-corrected chi connectivity index (χ1v) is 4.75. The number of carboxylic acid groups (broad SMARTS) is 1. The molecule has 0 spiro atoms. The average Bonchev–Trinajstić information content (AvgIpc) is 2.68. The highest BCUT2D eigenvalue weighted by Crippen LogP contribution is 2.05. The molecule has 1 rings (SSSR count). The molecule has 88 valence electrons. The molecule has 1 aromatic heterocycles. The zero-order chi connectivity index (χ0) is 12.1. The maximum Gasteiger partial charge on any atom is 0.305 e. The summed E-state index contributed by atoms with van der Waals surface area (Å²) in [6.45, 7) is 0.277. The van der Waals surface area contributed by atoms with Gasteiger partial charge in [0.2, 0.25) is 5.91 Å². The van der Waals surface area contributed by atoms with Gasteiger partial charge < -0.3 is 20.2 Å². The number of likely N-dealkylation sites (N-methyl/N-ethyl adjacent to an activating group) is 1. The summed E-state index contributed by atoms with van der Waals surface area (Å²) >= 11 is 0. The van der Waals surface area contributed by atoms with Crippen molar-refractivity contribution in [1.29, 1.82) is 0 Å². The fraction of sp³-hybridized carbons (Fsp3) is 0.400. The fourth-order valence-electron chi connectivity index (χ4n) is 1.27. The van der Waals surface area contributed by atoms with Crippen LogP contribution in [0.2, 0.25) is 0 Å². The van der Waals surface area contributed by atoms with Gasteiger partial charge in [-0.3, -0.25) is 9.59 Å². The van der Waals surface area contributed by atoms with Crippen molar-refractivity contribution in [1.82, 2.24) is 4.90 Å². The number of hydrogen-bond donors (Lipinski definition) is 2. The summed E-state index contributed by atoms with van der Waals surface area (Å²) in [6, 6.07) is 2.43. The molecule has 6 heteroatoms. The van der Waals surface area contributed by atoms with E-state index in [1.54, 1.807) is 19.2 Å². The van der Waals surface area contributed by atoms with E-state index in [2.05, 4.69) is 0 Å². The van der Waals surface area contributed by atoms with E-state index in [-0.39, 0.29) is 13.0 Å². The molecule has 0 aliphatic rings. The number of carbonyl (C=O) groups excluding carboxylic acids is 1. The average molecular weight is 226 g/mol. The molecule has 0 aliphatic heterocycles. The molecule has 3 N–H and O–H groups in total. The van der Waals surface area contributed by atoms with Gasteiger partial charge in [-0.25, -0.2) is 0 Å². The lowest BCUT2D eigenvalue weighted by atomic mass is 10.2. The third-order valence-corrected chi connectivity index (χ3v) is 2.06. The van der Waals surface area contributed by atoms with Crippen molar-refractivity contribution >= 4 is 11.9 Å². The Morgan fingerprint density at radius 2 is 2.31 bits per heavy atom. The topological polar surface area (TPSA) is 96.8 Å². The summed E-state index contributed by atoms with van der Waals surface area (Å²) in [7, 11) is 1.55. The highest BCUT2D eigenvalue weighted by molar-refractivity contribution is 5.85. The first-order chi connectivity index (χ1) is 7.50. The Morgan fingerprint density at radius 3 is 2.81 bits per heavy atom. The van der Waals surface area contributed by atoms with E-state index in [0.29, 0.717) is 5.76 Å². The quantitative estimate of drug-likeness (QED) is 0.738. The molecule has 0 fully saturated rings. The summed E-state index contributed by atoms with van der Waals surface area (Å²) in [4.78, 5) is 23.3. The predicted octanol–water partition coefficient (Wildman–Crippen LogP) is 0.0400. The first kappa shape index (κ1) is 12.3. The van der Waals surface area contributed by atoms with Gasteiger partial charge in [-0.15, -0.1) is 0 Å². The van der Waals surface area contributed by atoms with Crippen LogP contribution in [0.3, 0.4) is 0 Å². The number of carboxylic acids is 1. The number of amides is 1. The number of nitrogens with zero attached hydrogens (tertiary/aromatic N) is 1. The van der Waals surface area contributed by atoms with E-state index < -0.39 is 17.9 Å². The number of hydrogen-bond acceptors (Lipinski definition) is 4. The third-order valence-electron chi connectivity index (χ3n) is 2.06. The van der Waals surface area contributed by atoms with E-state index in [1.165, 1.54) is 11.2 Å². The van der Waals surface area contributed by atoms with E-state index in [0.717, 1.165) is 0 Å². The number of furan rings is 1. The second-order valence-electron chi connectivity index (χ2n) is 3.48. The largest absolute Gasteiger partial charge is 0.481 e. The van der Waals surface area contributed by atoms with Crippen molar-refractivity contribution in [3.63, 3.8) is 0 Å². The second kappa shape index (κ2) is 5.32. The monoisotopic (exact) mass is 226 g/mol. The van der Waals surface area contributed by atoms with Gasteiger partial charge in [0.15, 0.2) is 0 Å². The van der Waals surface area contributed by atoms with Gasteiger partial charge in [0.25, 0.3) is 0 Å². The van der Waals surface area contributed by atoms with Crippen molar-refractivity contribution in [2.75, 3.05) is 7.05 Å². The van der Waals surface area contributed by atoms with Gasteiger partial charge in [0, 0.05) is 7.05 Å². The van der Waals surface area contributed by atoms with Crippen molar-refractivity contribution in [2.45, 2.75) is 19.0 Å². The molecule has 1 atom stereocenters. The molecule has 0 radical (unpaired) electrons. The van der Waals surface area contributed by atoms with E-state index in [1.807, 2.05) is 0 Å². The Bertz CT molecular complexity index is 361. The normalized spacial score (nSPS) is 12.1. The van der Waals surface area contributed by atoms with Gasteiger partial charge >= 0.3 is 5.97 Å². The lowest BCUT2D eigenvalue weighted by Crippen LogP contribution is -2.42. The van der Waals surface area contributed by atoms with Crippen LogP contribution in [-0.2, 0) is 16.1 Å². The zero-order valence-electron chi connectivity index (χ0n) is 8.92. The minimum Gasteiger partial charge on any atom is -0.481 e. The SMILES string of the molecule is CN(Cc1ccco1)C(=O)C(N)CC(=O)O. The molecule has 6 nitrogen and oxygen atoms in total. The molecule has 0 saturated carbocycles. The minimum absolute atomic E-state index is 0.277. The van der Waals surface area contributed by atoms with E-state index in [9.17, 15) is 9.59 Å². The zero-order valence-corrected chi connectivity index (χ0v) is 8.92. The van der Waals surface area contributed by atoms with Crippen molar-refractivity contribution < 1.29 is 19.1 Å². The molecule has 16 heavy (non-hydrogen) atoms. The number of rotatable bonds is 5. The van der Waals surface area contributed by atoms with E-state index >= 15 is 0 Å². The van der Waals surface area contributed by atoms with Crippen molar-refractivity contribution in [2.24, 2.45) is 5.73 Å². The Balaban J connectivity index is 2.50. The maximum absolute atomic E-state index is 11.6. The molecule has 1 aromatic rings. The Morgan fingerprint density at radius 1 is 1.62 bits per heavy atom. The number of carbonyl (C=O) groups is 2. The third kappa shape index (κ3) is 3.39. The van der Waals surface area contributed by atoms with Crippen molar-refractivity contribution in [3.05, 3.63) is 24.2 Å². The van der Waals surface area contributed by atoms with Crippen LogP contribution in [0, 0.1) is 0 Å². The van der Waals surface area contributed by atoms with Crippen molar-refractivity contribution in [3.8, 4) is 0 Å². The smallest absolute Gasteiger partial charge is 0.305 e. The van der Waals surface area contributed by atoms with Crippen LogP contribution in [0.4, 0.5) is 0 Å². The van der Waals surface area contributed by atoms with Crippen LogP contribution in [0.1, 0.15) is 12.2 Å². The summed E-state index contributed by atoms with van der Waals surface area (Å²) in [6.07, 6.45) is 1.13. The summed E-state index contributed by atoms with van der Waals surface area (Å²) in [5.41, 5.74) is 5.45. The van der Waals surface area contributed by atoms with Crippen LogP contribution < -0.4 is 5.73 Å². The minimum atomic E-state index is -1.09.